The van der Waals surface area contributed by atoms with Crippen LogP contribution in [0.1, 0.15) is 29.6 Å². The molecule has 0 spiro atoms. The molecule has 1 aliphatic rings. The molecule has 3 nitrogen and oxygen atoms in total. The van der Waals surface area contributed by atoms with Gasteiger partial charge in [-0.25, -0.2) is 4.39 Å². The van der Waals surface area contributed by atoms with Crippen LogP contribution in [-0.2, 0) is 0 Å². The molecular formula is C17H19FN2O. The van der Waals surface area contributed by atoms with Crippen LogP contribution < -0.4 is 11.1 Å². The predicted octanol–water partition coefficient (Wildman–Crippen LogP) is 2.84. The van der Waals surface area contributed by atoms with Gasteiger partial charge in [0.25, 0.3) is 5.91 Å². The Kier molecular flexibility index (Phi) is 3.88. The Morgan fingerprint density at radius 3 is 2.71 bits per heavy atom. The van der Waals surface area contributed by atoms with Gasteiger partial charge in [-0.05, 0) is 42.8 Å². The Morgan fingerprint density at radius 2 is 1.95 bits per heavy atom. The summed E-state index contributed by atoms with van der Waals surface area (Å²) in [6.45, 7) is 0.592. The average Bonchev–Trinajstić information content (AvgIpc) is 2.95. The van der Waals surface area contributed by atoms with Crippen molar-refractivity contribution < 1.29 is 9.18 Å². The first-order valence-corrected chi connectivity index (χ1v) is 7.39. The zero-order chi connectivity index (χ0) is 14.8. The fourth-order valence-electron chi connectivity index (χ4n) is 3.22. The zero-order valence-corrected chi connectivity index (χ0v) is 11.8. The maximum atomic E-state index is 13.8. The standard InChI is InChI=1S/C17H19FN2O/c18-15-9-8-14(12-5-1-2-6-13(12)15)17(21)20-16-7-3-4-11(16)10-19/h1-2,5-6,8-9,11,16H,3-4,7,10,19H2,(H,20,21). The summed E-state index contributed by atoms with van der Waals surface area (Å²) >= 11 is 0. The van der Waals surface area contributed by atoms with Gasteiger partial charge in [-0.3, -0.25) is 4.79 Å². The summed E-state index contributed by atoms with van der Waals surface area (Å²) in [4.78, 5) is 12.5. The van der Waals surface area contributed by atoms with Crippen LogP contribution in [0, 0.1) is 11.7 Å². The van der Waals surface area contributed by atoms with Crippen LogP contribution in [0.15, 0.2) is 36.4 Å². The first-order valence-electron chi connectivity index (χ1n) is 7.39. The molecule has 0 bridgehead atoms. The molecule has 2 atom stereocenters. The van der Waals surface area contributed by atoms with E-state index in [1.54, 1.807) is 24.3 Å². The van der Waals surface area contributed by atoms with Crippen LogP contribution in [0.25, 0.3) is 10.8 Å². The summed E-state index contributed by atoms with van der Waals surface area (Å²) in [5.74, 6) is -0.0972. The molecule has 0 aliphatic heterocycles. The molecule has 0 saturated heterocycles. The van der Waals surface area contributed by atoms with E-state index in [-0.39, 0.29) is 17.8 Å². The van der Waals surface area contributed by atoms with Gasteiger partial charge in [0.05, 0.1) is 0 Å². The quantitative estimate of drug-likeness (QED) is 0.911. The highest BCUT2D eigenvalue weighted by atomic mass is 19.1. The molecule has 1 fully saturated rings. The van der Waals surface area contributed by atoms with E-state index < -0.39 is 0 Å². The van der Waals surface area contributed by atoms with E-state index in [0.717, 1.165) is 19.3 Å². The number of nitrogens with one attached hydrogen (secondary N) is 1. The van der Waals surface area contributed by atoms with Crippen molar-refractivity contribution in [1.29, 1.82) is 0 Å². The van der Waals surface area contributed by atoms with Gasteiger partial charge in [-0.1, -0.05) is 30.7 Å². The molecule has 3 rings (SSSR count). The summed E-state index contributed by atoms with van der Waals surface area (Å²) in [5, 5.41) is 4.20. The van der Waals surface area contributed by atoms with Crippen molar-refractivity contribution >= 4 is 16.7 Å². The largest absolute Gasteiger partial charge is 0.349 e. The predicted molar refractivity (Wildman–Crippen MR) is 81.6 cm³/mol. The van der Waals surface area contributed by atoms with Gasteiger partial charge < -0.3 is 11.1 Å². The number of halogens is 1. The number of rotatable bonds is 3. The van der Waals surface area contributed by atoms with Crippen molar-refractivity contribution in [3.63, 3.8) is 0 Å². The Balaban J connectivity index is 1.90. The topological polar surface area (TPSA) is 55.1 Å². The minimum absolute atomic E-state index is 0.131. The smallest absolute Gasteiger partial charge is 0.252 e. The van der Waals surface area contributed by atoms with E-state index >= 15 is 0 Å². The molecule has 21 heavy (non-hydrogen) atoms. The van der Waals surface area contributed by atoms with E-state index in [1.807, 2.05) is 6.07 Å². The molecule has 1 saturated carbocycles. The maximum absolute atomic E-state index is 13.8. The number of hydrogen-bond acceptors (Lipinski definition) is 2. The summed E-state index contributed by atoms with van der Waals surface area (Å²) < 4.78 is 13.8. The number of benzene rings is 2. The van der Waals surface area contributed by atoms with Crippen molar-refractivity contribution in [2.75, 3.05) is 6.54 Å². The lowest BCUT2D eigenvalue weighted by Crippen LogP contribution is -2.39. The summed E-state index contributed by atoms with van der Waals surface area (Å²) in [7, 11) is 0. The first-order chi connectivity index (χ1) is 10.2. The van der Waals surface area contributed by atoms with Crippen molar-refractivity contribution in [1.82, 2.24) is 5.32 Å². The summed E-state index contributed by atoms with van der Waals surface area (Å²) in [6, 6.07) is 10.1. The normalized spacial score (nSPS) is 21.6. The Labute approximate surface area is 123 Å². The lowest BCUT2D eigenvalue weighted by Gasteiger charge is -2.20. The Hall–Kier alpha value is -1.94. The third-order valence-corrected chi connectivity index (χ3v) is 4.39. The van der Waals surface area contributed by atoms with Crippen LogP contribution >= 0.6 is 0 Å². The number of carbonyl (C=O) groups excluding carboxylic acids is 1. The number of carbonyl (C=O) groups is 1. The monoisotopic (exact) mass is 286 g/mol. The lowest BCUT2D eigenvalue weighted by atomic mass is 10.0. The van der Waals surface area contributed by atoms with Gasteiger partial charge >= 0.3 is 0 Å². The van der Waals surface area contributed by atoms with E-state index in [1.165, 1.54) is 6.07 Å². The fourth-order valence-corrected chi connectivity index (χ4v) is 3.22. The third kappa shape index (κ3) is 2.63. The van der Waals surface area contributed by atoms with Crippen LogP contribution in [0.2, 0.25) is 0 Å². The van der Waals surface area contributed by atoms with Gasteiger partial charge in [0.1, 0.15) is 5.82 Å². The molecule has 1 aliphatic carbocycles. The summed E-state index contributed by atoms with van der Waals surface area (Å²) in [6.07, 6.45) is 3.12. The minimum Gasteiger partial charge on any atom is -0.349 e. The molecular weight excluding hydrogens is 267 g/mol. The van der Waals surface area contributed by atoms with Gasteiger partial charge in [0.15, 0.2) is 0 Å². The third-order valence-electron chi connectivity index (χ3n) is 4.39. The lowest BCUT2D eigenvalue weighted by molar-refractivity contribution is 0.0930. The van der Waals surface area contributed by atoms with E-state index in [9.17, 15) is 9.18 Å². The van der Waals surface area contributed by atoms with Crippen LogP contribution in [-0.4, -0.2) is 18.5 Å². The minimum atomic E-state index is -0.303. The van der Waals surface area contributed by atoms with Gasteiger partial charge in [-0.2, -0.15) is 0 Å². The average molecular weight is 286 g/mol. The van der Waals surface area contributed by atoms with Crippen molar-refractivity contribution in [3.05, 3.63) is 47.8 Å². The number of amides is 1. The number of nitrogens with two attached hydrogens (primary N) is 1. The van der Waals surface area contributed by atoms with Gasteiger partial charge in [-0.15, -0.1) is 0 Å². The molecule has 3 N–H and O–H groups in total. The molecule has 110 valence electrons. The van der Waals surface area contributed by atoms with Crippen molar-refractivity contribution in [3.8, 4) is 0 Å². The number of hydrogen-bond donors (Lipinski definition) is 2. The molecule has 4 heteroatoms. The van der Waals surface area contributed by atoms with E-state index in [2.05, 4.69) is 5.32 Å². The zero-order valence-electron chi connectivity index (χ0n) is 11.8. The highest BCUT2D eigenvalue weighted by Crippen LogP contribution is 2.26. The van der Waals surface area contributed by atoms with E-state index in [4.69, 9.17) is 5.73 Å². The SMILES string of the molecule is NCC1CCCC1NC(=O)c1ccc(F)c2ccccc12. The number of fused-ring (bicyclic) bond motifs is 1. The molecule has 2 aromatic carbocycles. The molecule has 1 amide bonds. The molecule has 2 aromatic rings. The fraction of sp³-hybridized carbons (Fsp3) is 0.353. The Morgan fingerprint density at radius 1 is 1.19 bits per heavy atom. The van der Waals surface area contributed by atoms with Crippen molar-refractivity contribution in [2.45, 2.75) is 25.3 Å². The van der Waals surface area contributed by atoms with Gasteiger partial charge in [0, 0.05) is 17.0 Å². The van der Waals surface area contributed by atoms with Crippen LogP contribution in [0.4, 0.5) is 4.39 Å². The van der Waals surface area contributed by atoms with Gasteiger partial charge in [0.2, 0.25) is 0 Å². The highest BCUT2D eigenvalue weighted by Gasteiger charge is 2.28. The van der Waals surface area contributed by atoms with Crippen LogP contribution in [0.3, 0.4) is 0 Å². The Bertz CT molecular complexity index is 671. The maximum Gasteiger partial charge on any atom is 0.252 e. The molecule has 0 radical (unpaired) electrons. The van der Waals surface area contributed by atoms with Crippen molar-refractivity contribution in [2.24, 2.45) is 11.7 Å². The summed E-state index contributed by atoms with van der Waals surface area (Å²) in [5.41, 5.74) is 6.27. The first kappa shape index (κ1) is 14.0. The highest BCUT2D eigenvalue weighted by molar-refractivity contribution is 6.07. The second kappa shape index (κ2) is 5.82. The molecule has 2 unspecified atom stereocenters. The second-order valence-corrected chi connectivity index (χ2v) is 5.65. The molecule has 0 aromatic heterocycles. The van der Waals surface area contributed by atoms with E-state index in [0.29, 0.717) is 28.8 Å². The second-order valence-electron chi connectivity index (χ2n) is 5.65. The van der Waals surface area contributed by atoms with Crippen LogP contribution in [0.5, 0.6) is 0 Å². The molecule has 0 heterocycles.